The molecule has 2 amide bonds. The van der Waals surface area contributed by atoms with Gasteiger partial charge in [0.1, 0.15) is 0 Å². The molecule has 10 nitrogen and oxygen atoms in total. The molecule has 1 saturated heterocycles. The lowest BCUT2D eigenvalue weighted by atomic mass is 9.98. The third-order valence-electron chi connectivity index (χ3n) is 5.56. The normalized spacial score (nSPS) is 15.2. The van der Waals surface area contributed by atoms with Gasteiger partial charge >= 0.3 is 0 Å². The topological polar surface area (TPSA) is 139 Å². The molecule has 3 rings (SSSR count). The van der Waals surface area contributed by atoms with E-state index in [0.717, 1.165) is 17.2 Å². The number of hydrogen-bond donors (Lipinski definition) is 2. The van der Waals surface area contributed by atoms with Crippen LogP contribution in [-0.2, 0) is 14.8 Å². The molecule has 0 spiro atoms. The lowest BCUT2D eigenvalue weighted by Gasteiger charge is -2.30. The summed E-state index contributed by atoms with van der Waals surface area (Å²) in [6, 6.07) is 10.1. The number of aryl methyl sites for hydroxylation is 2. The second-order valence-electron chi connectivity index (χ2n) is 7.68. The number of carbonyl (C=O) groups excluding carboxylic acids is 2. The van der Waals surface area contributed by atoms with E-state index in [1.54, 1.807) is 18.2 Å². The van der Waals surface area contributed by atoms with E-state index >= 15 is 0 Å². The van der Waals surface area contributed by atoms with Crippen molar-refractivity contribution >= 4 is 27.5 Å². The lowest BCUT2D eigenvalue weighted by Crippen LogP contribution is -2.48. The van der Waals surface area contributed by atoms with Gasteiger partial charge in [-0.15, -0.1) is 0 Å². The Kier molecular flexibility index (Phi) is 6.90. The maximum atomic E-state index is 12.9. The molecule has 0 aliphatic carbocycles. The highest BCUT2D eigenvalue weighted by Gasteiger charge is 2.32. The van der Waals surface area contributed by atoms with Crippen molar-refractivity contribution < 1.29 is 22.9 Å². The number of rotatable bonds is 5. The molecular weight excluding hydrogens is 436 g/mol. The quantitative estimate of drug-likeness (QED) is 0.517. The average molecular weight is 461 g/mol. The summed E-state index contributed by atoms with van der Waals surface area (Å²) in [5.74, 6) is -1.59. The molecule has 0 aromatic heterocycles. The number of piperidine rings is 1. The Morgan fingerprint density at radius 3 is 2.34 bits per heavy atom. The van der Waals surface area contributed by atoms with Crippen LogP contribution in [0.15, 0.2) is 47.4 Å². The number of nitrogens with one attached hydrogen (secondary N) is 2. The smallest absolute Gasteiger partial charge is 0.270 e. The Labute approximate surface area is 185 Å². The summed E-state index contributed by atoms with van der Waals surface area (Å²) >= 11 is 0. The Hall–Kier alpha value is -3.31. The highest BCUT2D eigenvalue weighted by molar-refractivity contribution is 7.89. The van der Waals surface area contributed by atoms with Gasteiger partial charge in [0, 0.05) is 36.7 Å². The molecule has 0 atom stereocenters. The lowest BCUT2D eigenvalue weighted by molar-refractivity contribution is -0.384. The first-order valence-electron chi connectivity index (χ1n) is 10.0. The van der Waals surface area contributed by atoms with Crippen LogP contribution in [0.4, 0.5) is 5.69 Å². The van der Waals surface area contributed by atoms with Crippen molar-refractivity contribution in [1.82, 2.24) is 15.2 Å². The Balaban J connectivity index is 1.55. The zero-order valence-corrected chi connectivity index (χ0v) is 18.5. The fourth-order valence-corrected chi connectivity index (χ4v) is 4.99. The van der Waals surface area contributed by atoms with Gasteiger partial charge in [0.25, 0.3) is 11.6 Å². The van der Waals surface area contributed by atoms with Gasteiger partial charge in [0.2, 0.25) is 15.9 Å². The molecule has 32 heavy (non-hydrogen) atoms. The molecule has 11 heteroatoms. The fourth-order valence-electron chi connectivity index (χ4n) is 3.44. The van der Waals surface area contributed by atoms with Crippen LogP contribution in [0, 0.1) is 29.9 Å². The average Bonchev–Trinajstić information content (AvgIpc) is 2.79. The molecule has 0 saturated carbocycles. The van der Waals surface area contributed by atoms with Gasteiger partial charge in [0.05, 0.1) is 9.82 Å². The van der Waals surface area contributed by atoms with Crippen molar-refractivity contribution in [3.05, 3.63) is 69.3 Å². The van der Waals surface area contributed by atoms with E-state index in [2.05, 4.69) is 10.9 Å². The zero-order chi connectivity index (χ0) is 23.5. The summed E-state index contributed by atoms with van der Waals surface area (Å²) in [7, 11) is -3.65. The predicted molar refractivity (Wildman–Crippen MR) is 116 cm³/mol. The van der Waals surface area contributed by atoms with Gasteiger partial charge in [-0.05, 0) is 56.0 Å². The number of nitro benzene ring substituents is 1. The first kappa shape index (κ1) is 23.4. The van der Waals surface area contributed by atoms with Crippen molar-refractivity contribution in [2.75, 3.05) is 13.1 Å². The number of nitrogens with zero attached hydrogens (tertiary/aromatic N) is 2. The molecule has 1 fully saturated rings. The number of hydrazine groups is 1. The van der Waals surface area contributed by atoms with E-state index in [1.807, 2.05) is 13.8 Å². The van der Waals surface area contributed by atoms with Crippen molar-refractivity contribution in [2.45, 2.75) is 31.6 Å². The zero-order valence-electron chi connectivity index (χ0n) is 17.7. The molecule has 1 aliphatic heterocycles. The summed E-state index contributed by atoms with van der Waals surface area (Å²) in [5.41, 5.74) is 6.27. The van der Waals surface area contributed by atoms with Crippen LogP contribution < -0.4 is 10.9 Å². The van der Waals surface area contributed by atoms with Gasteiger partial charge in [-0.1, -0.05) is 12.1 Å². The minimum absolute atomic E-state index is 0.0359. The molecule has 2 aromatic rings. The van der Waals surface area contributed by atoms with Crippen LogP contribution in [0.3, 0.4) is 0 Å². The van der Waals surface area contributed by atoms with Gasteiger partial charge in [-0.2, -0.15) is 4.31 Å². The molecule has 0 unspecified atom stereocenters. The maximum absolute atomic E-state index is 12.9. The third-order valence-corrected chi connectivity index (χ3v) is 7.45. The highest BCUT2D eigenvalue weighted by Crippen LogP contribution is 2.25. The molecule has 1 heterocycles. The number of hydrogen-bond acceptors (Lipinski definition) is 6. The predicted octanol–water partition coefficient (Wildman–Crippen LogP) is 2.07. The number of sulfonamides is 1. The van der Waals surface area contributed by atoms with Crippen molar-refractivity contribution in [1.29, 1.82) is 0 Å². The van der Waals surface area contributed by atoms with Gasteiger partial charge in [0.15, 0.2) is 0 Å². The number of nitro groups is 1. The van der Waals surface area contributed by atoms with Gasteiger partial charge in [-0.3, -0.25) is 30.6 Å². The molecule has 2 aromatic carbocycles. The summed E-state index contributed by atoms with van der Waals surface area (Å²) in [4.78, 5) is 35.0. The van der Waals surface area contributed by atoms with Gasteiger partial charge < -0.3 is 0 Å². The minimum Gasteiger partial charge on any atom is -0.273 e. The van der Waals surface area contributed by atoms with E-state index in [9.17, 15) is 28.1 Å². The molecular formula is C21H24N4O6S. The van der Waals surface area contributed by atoms with Crippen LogP contribution in [0.5, 0.6) is 0 Å². The standard InChI is InChI=1S/C21H24N4O6S/c1-14-6-7-19(12-15(14)2)32(30,31)24-10-8-16(9-11-24)20(26)22-23-21(27)17-4-3-5-18(13-17)25(28)29/h3-7,12-13,16H,8-11H2,1-2H3,(H,22,26)(H,23,27). The molecule has 1 aliphatic rings. The largest absolute Gasteiger partial charge is 0.273 e. The Bertz CT molecular complexity index is 1160. The Morgan fingerprint density at radius 1 is 1.03 bits per heavy atom. The van der Waals surface area contributed by atoms with Crippen molar-refractivity contribution in [2.24, 2.45) is 5.92 Å². The first-order chi connectivity index (χ1) is 15.1. The van der Waals surface area contributed by atoms with E-state index in [0.29, 0.717) is 12.8 Å². The van der Waals surface area contributed by atoms with Crippen LogP contribution in [-0.4, -0.2) is 42.6 Å². The summed E-state index contributed by atoms with van der Waals surface area (Å²) in [6.45, 7) is 4.14. The van der Waals surface area contributed by atoms with E-state index in [-0.39, 0.29) is 29.2 Å². The van der Waals surface area contributed by atoms with E-state index in [1.165, 1.54) is 22.5 Å². The van der Waals surface area contributed by atoms with Crippen LogP contribution >= 0.6 is 0 Å². The van der Waals surface area contributed by atoms with Crippen LogP contribution in [0.1, 0.15) is 34.3 Å². The Morgan fingerprint density at radius 2 is 1.72 bits per heavy atom. The van der Waals surface area contributed by atoms with Crippen molar-refractivity contribution in [3.63, 3.8) is 0 Å². The van der Waals surface area contributed by atoms with Crippen molar-refractivity contribution in [3.8, 4) is 0 Å². The van der Waals surface area contributed by atoms with Gasteiger partial charge in [-0.25, -0.2) is 8.42 Å². The third kappa shape index (κ3) is 5.11. The molecule has 0 bridgehead atoms. The van der Waals surface area contributed by atoms with Crippen LogP contribution in [0.25, 0.3) is 0 Å². The fraction of sp³-hybridized carbons (Fsp3) is 0.333. The van der Waals surface area contributed by atoms with Crippen LogP contribution in [0.2, 0.25) is 0 Å². The molecule has 0 radical (unpaired) electrons. The first-order valence-corrected chi connectivity index (χ1v) is 11.5. The summed E-state index contributed by atoms with van der Waals surface area (Å²) in [6.07, 6.45) is 0.616. The number of non-ortho nitro benzene ring substituents is 1. The number of benzene rings is 2. The second-order valence-corrected chi connectivity index (χ2v) is 9.61. The molecule has 2 N–H and O–H groups in total. The monoisotopic (exact) mass is 460 g/mol. The second kappa shape index (κ2) is 9.45. The summed E-state index contributed by atoms with van der Waals surface area (Å²) in [5, 5.41) is 10.8. The number of carbonyl (C=O) groups is 2. The SMILES string of the molecule is Cc1ccc(S(=O)(=O)N2CCC(C(=O)NNC(=O)c3cccc([N+](=O)[O-])c3)CC2)cc1C. The minimum atomic E-state index is -3.65. The molecule has 170 valence electrons. The van der Waals surface area contributed by atoms with E-state index < -0.39 is 32.7 Å². The number of amides is 2. The summed E-state index contributed by atoms with van der Waals surface area (Å²) < 4.78 is 27.2. The highest BCUT2D eigenvalue weighted by atomic mass is 32.2. The maximum Gasteiger partial charge on any atom is 0.270 e. The van der Waals surface area contributed by atoms with E-state index in [4.69, 9.17) is 0 Å².